The van der Waals surface area contributed by atoms with Crippen LogP contribution in [0.1, 0.15) is 6.92 Å². The van der Waals surface area contributed by atoms with E-state index < -0.39 is 26.9 Å². The molecule has 2 rings (SSSR count). The Bertz CT molecular complexity index is 948. The van der Waals surface area contributed by atoms with Crippen molar-refractivity contribution in [2.45, 2.75) is 13.0 Å². The zero-order valence-corrected chi connectivity index (χ0v) is 16.3. The van der Waals surface area contributed by atoms with Gasteiger partial charge >= 0.3 is 0 Å². The number of hydrogen-bond acceptors (Lipinski definition) is 5. The van der Waals surface area contributed by atoms with Crippen molar-refractivity contribution in [1.29, 1.82) is 0 Å². The Morgan fingerprint density at radius 2 is 1.88 bits per heavy atom. The Morgan fingerprint density at radius 1 is 1.23 bits per heavy atom. The molecule has 10 heteroatoms. The molecule has 0 aliphatic heterocycles. The number of hydrogen-bond donors (Lipinski definition) is 1. The maximum absolute atomic E-state index is 12.6. The van der Waals surface area contributed by atoms with Crippen LogP contribution in [0.3, 0.4) is 0 Å². The van der Waals surface area contributed by atoms with E-state index in [0.29, 0.717) is 10.2 Å². The molecule has 0 saturated heterocycles. The van der Waals surface area contributed by atoms with Gasteiger partial charge in [-0.15, -0.1) is 0 Å². The van der Waals surface area contributed by atoms with E-state index in [4.69, 9.17) is 0 Å². The van der Waals surface area contributed by atoms with Crippen LogP contribution in [-0.4, -0.2) is 31.5 Å². The van der Waals surface area contributed by atoms with Gasteiger partial charge in [0.2, 0.25) is 15.9 Å². The summed E-state index contributed by atoms with van der Waals surface area (Å²) in [6, 6.07) is 10.9. The lowest BCUT2D eigenvalue weighted by atomic mass is 10.2. The summed E-state index contributed by atoms with van der Waals surface area (Å²) >= 11 is 3.30. The number of nitrogens with zero attached hydrogens (tertiary/aromatic N) is 2. The van der Waals surface area contributed by atoms with Crippen LogP contribution in [0, 0.1) is 10.1 Å². The van der Waals surface area contributed by atoms with Gasteiger partial charge in [-0.3, -0.25) is 19.2 Å². The number of anilines is 2. The molecule has 0 saturated carbocycles. The average molecular weight is 442 g/mol. The van der Waals surface area contributed by atoms with Crippen LogP contribution < -0.4 is 9.62 Å². The van der Waals surface area contributed by atoms with Gasteiger partial charge < -0.3 is 5.32 Å². The molecule has 0 aliphatic rings. The molecule has 26 heavy (non-hydrogen) atoms. The fourth-order valence-corrected chi connectivity index (χ4v) is 3.90. The average Bonchev–Trinajstić information content (AvgIpc) is 2.56. The van der Waals surface area contributed by atoms with Crippen LogP contribution in [0.4, 0.5) is 17.1 Å². The summed E-state index contributed by atoms with van der Waals surface area (Å²) < 4.78 is 26.0. The van der Waals surface area contributed by atoms with Crippen LogP contribution in [0.15, 0.2) is 53.0 Å². The lowest BCUT2D eigenvalue weighted by molar-refractivity contribution is -0.384. The van der Waals surface area contributed by atoms with Gasteiger partial charge in [0.15, 0.2) is 0 Å². The summed E-state index contributed by atoms with van der Waals surface area (Å²) in [4.78, 5) is 22.9. The van der Waals surface area contributed by atoms with Crippen LogP contribution >= 0.6 is 15.9 Å². The predicted octanol–water partition coefficient (Wildman–Crippen LogP) is 3.15. The van der Waals surface area contributed by atoms with Crippen molar-refractivity contribution in [3.8, 4) is 0 Å². The van der Waals surface area contributed by atoms with Crippen LogP contribution in [-0.2, 0) is 14.8 Å². The monoisotopic (exact) mass is 441 g/mol. The molecule has 138 valence electrons. The second-order valence-electron chi connectivity index (χ2n) is 5.48. The van der Waals surface area contributed by atoms with E-state index in [1.165, 1.54) is 25.1 Å². The molecule has 2 aromatic carbocycles. The summed E-state index contributed by atoms with van der Waals surface area (Å²) in [5.41, 5.74) is 0.253. The van der Waals surface area contributed by atoms with Crippen molar-refractivity contribution in [1.82, 2.24) is 0 Å². The highest BCUT2D eigenvalue weighted by Crippen LogP contribution is 2.27. The van der Waals surface area contributed by atoms with E-state index in [1.807, 2.05) is 0 Å². The van der Waals surface area contributed by atoms with Gasteiger partial charge in [-0.25, -0.2) is 8.42 Å². The van der Waals surface area contributed by atoms with Crippen molar-refractivity contribution in [2.24, 2.45) is 0 Å². The number of amides is 1. The standard InChI is InChI=1S/C16H16BrN3O5S/c1-11(16(21)18-15-9-4-3-8-14(15)17)19(26(2,24)25)12-6-5-7-13(10-12)20(22)23/h3-11H,1-2H3,(H,18,21). The van der Waals surface area contributed by atoms with E-state index in [9.17, 15) is 23.3 Å². The predicted molar refractivity (Wildman–Crippen MR) is 103 cm³/mol. The quantitative estimate of drug-likeness (QED) is 0.546. The number of carbonyl (C=O) groups excluding carboxylic acids is 1. The second kappa shape index (κ2) is 7.83. The molecule has 0 fully saturated rings. The third kappa shape index (κ3) is 4.58. The first-order valence-corrected chi connectivity index (χ1v) is 10.0. The number of halogens is 1. The lowest BCUT2D eigenvalue weighted by Gasteiger charge is -2.28. The zero-order valence-electron chi connectivity index (χ0n) is 13.9. The third-order valence-electron chi connectivity index (χ3n) is 3.52. The first-order chi connectivity index (χ1) is 12.1. The lowest BCUT2D eigenvalue weighted by Crippen LogP contribution is -2.45. The number of sulfonamides is 1. The van der Waals surface area contributed by atoms with E-state index in [0.717, 1.165) is 16.6 Å². The zero-order chi connectivity index (χ0) is 19.5. The number of non-ortho nitro benzene ring substituents is 1. The summed E-state index contributed by atoms with van der Waals surface area (Å²) in [6.45, 7) is 1.41. The molecule has 2 aromatic rings. The van der Waals surface area contributed by atoms with Crippen molar-refractivity contribution in [3.63, 3.8) is 0 Å². The molecule has 1 unspecified atom stereocenters. The summed E-state index contributed by atoms with van der Waals surface area (Å²) in [5, 5.41) is 13.6. The smallest absolute Gasteiger partial charge is 0.271 e. The van der Waals surface area contributed by atoms with Crippen LogP contribution in [0.25, 0.3) is 0 Å². The Labute approximate surface area is 159 Å². The summed E-state index contributed by atoms with van der Waals surface area (Å²) in [6.07, 6.45) is 0.939. The largest absolute Gasteiger partial charge is 0.323 e. The molecule has 1 N–H and O–H groups in total. The van der Waals surface area contributed by atoms with E-state index in [2.05, 4.69) is 21.2 Å². The molecule has 0 heterocycles. The second-order valence-corrected chi connectivity index (χ2v) is 8.19. The number of para-hydroxylation sites is 1. The van der Waals surface area contributed by atoms with Gasteiger partial charge in [0.25, 0.3) is 5.69 Å². The highest BCUT2D eigenvalue weighted by Gasteiger charge is 2.30. The van der Waals surface area contributed by atoms with Crippen molar-refractivity contribution in [2.75, 3.05) is 15.9 Å². The van der Waals surface area contributed by atoms with Crippen molar-refractivity contribution in [3.05, 3.63) is 63.1 Å². The molecule has 0 aromatic heterocycles. The molecule has 8 nitrogen and oxygen atoms in total. The molecular weight excluding hydrogens is 426 g/mol. The van der Waals surface area contributed by atoms with Gasteiger partial charge in [0, 0.05) is 16.6 Å². The number of nitro groups is 1. The van der Waals surface area contributed by atoms with E-state index in [-0.39, 0.29) is 11.4 Å². The van der Waals surface area contributed by atoms with Gasteiger partial charge in [0.05, 0.1) is 22.6 Å². The van der Waals surface area contributed by atoms with E-state index in [1.54, 1.807) is 24.3 Å². The van der Waals surface area contributed by atoms with Crippen LogP contribution in [0.5, 0.6) is 0 Å². The minimum absolute atomic E-state index is 0.0384. The number of rotatable bonds is 6. The summed E-state index contributed by atoms with van der Waals surface area (Å²) in [7, 11) is -3.87. The first kappa shape index (κ1) is 19.9. The number of nitro benzene ring substituents is 1. The molecule has 0 spiro atoms. The topological polar surface area (TPSA) is 110 Å². The maximum atomic E-state index is 12.6. The van der Waals surface area contributed by atoms with Gasteiger partial charge in [-0.2, -0.15) is 0 Å². The van der Waals surface area contributed by atoms with Gasteiger partial charge in [0.1, 0.15) is 6.04 Å². The first-order valence-electron chi connectivity index (χ1n) is 7.40. The van der Waals surface area contributed by atoms with Crippen molar-refractivity contribution < 1.29 is 18.1 Å². The SMILES string of the molecule is CC(C(=O)Nc1ccccc1Br)N(c1cccc([N+](=O)[O-])c1)S(C)(=O)=O. The minimum Gasteiger partial charge on any atom is -0.323 e. The molecule has 1 amide bonds. The Hall–Kier alpha value is -2.46. The molecular formula is C16H16BrN3O5S. The highest BCUT2D eigenvalue weighted by molar-refractivity contribution is 9.10. The number of nitrogens with one attached hydrogen (secondary N) is 1. The molecule has 0 aliphatic carbocycles. The third-order valence-corrected chi connectivity index (χ3v) is 5.45. The van der Waals surface area contributed by atoms with Gasteiger partial charge in [-0.1, -0.05) is 18.2 Å². The fourth-order valence-electron chi connectivity index (χ4n) is 2.35. The highest BCUT2D eigenvalue weighted by atomic mass is 79.9. The number of carbonyl (C=O) groups is 1. The molecule has 0 radical (unpaired) electrons. The van der Waals surface area contributed by atoms with Gasteiger partial charge in [-0.05, 0) is 41.1 Å². The fraction of sp³-hybridized carbons (Fsp3) is 0.188. The van der Waals surface area contributed by atoms with E-state index >= 15 is 0 Å². The maximum Gasteiger partial charge on any atom is 0.271 e. The molecule has 0 bridgehead atoms. The number of benzene rings is 2. The normalized spacial score (nSPS) is 12.3. The Morgan fingerprint density at radius 3 is 2.46 bits per heavy atom. The Kier molecular flexibility index (Phi) is 5.98. The molecule has 1 atom stereocenters. The van der Waals surface area contributed by atoms with Crippen molar-refractivity contribution >= 4 is 48.9 Å². The summed E-state index contributed by atoms with van der Waals surface area (Å²) in [5.74, 6) is -0.575. The Balaban J connectivity index is 2.38. The van der Waals surface area contributed by atoms with Crippen LogP contribution in [0.2, 0.25) is 0 Å². The minimum atomic E-state index is -3.87.